The van der Waals surface area contributed by atoms with Crippen molar-refractivity contribution in [2.45, 2.75) is 26.9 Å². The summed E-state index contributed by atoms with van der Waals surface area (Å²) in [5.41, 5.74) is 2.33. The number of benzene rings is 2. The molecule has 5 nitrogen and oxygen atoms in total. The van der Waals surface area contributed by atoms with E-state index in [0.717, 1.165) is 11.1 Å². The summed E-state index contributed by atoms with van der Waals surface area (Å²) >= 11 is 6.13. The van der Waals surface area contributed by atoms with Gasteiger partial charge in [0.15, 0.2) is 11.9 Å². The van der Waals surface area contributed by atoms with Gasteiger partial charge in [-0.3, -0.25) is 4.79 Å². The van der Waals surface area contributed by atoms with E-state index in [-0.39, 0.29) is 16.9 Å². The Morgan fingerprint density at radius 3 is 2.46 bits per heavy atom. The second-order valence-corrected chi connectivity index (χ2v) is 6.56. The Bertz CT molecular complexity index is 1050. The first kappa shape index (κ1) is 18.0. The van der Waals surface area contributed by atoms with Crippen molar-refractivity contribution in [3.05, 3.63) is 62.8 Å². The van der Waals surface area contributed by atoms with Gasteiger partial charge in [-0.15, -0.1) is 0 Å². The number of rotatable bonds is 4. The third-order valence-electron chi connectivity index (χ3n) is 4.09. The summed E-state index contributed by atoms with van der Waals surface area (Å²) < 4.78 is 11.4. The van der Waals surface area contributed by atoms with Crippen LogP contribution in [0.4, 0.5) is 0 Å². The number of carboxylic acid groups (broad SMARTS) is 1. The minimum absolute atomic E-state index is 0.142. The van der Waals surface area contributed by atoms with Crippen LogP contribution in [0, 0.1) is 13.8 Å². The van der Waals surface area contributed by atoms with E-state index >= 15 is 0 Å². The van der Waals surface area contributed by atoms with Crippen molar-refractivity contribution in [2.24, 2.45) is 0 Å². The van der Waals surface area contributed by atoms with Crippen LogP contribution in [0.3, 0.4) is 0 Å². The van der Waals surface area contributed by atoms with Crippen LogP contribution < -0.4 is 10.2 Å². The van der Waals surface area contributed by atoms with Gasteiger partial charge in [-0.1, -0.05) is 41.4 Å². The van der Waals surface area contributed by atoms with E-state index in [9.17, 15) is 9.59 Å². The molecule has 2 aromatic carbocycles. The number of aryl methyl sites for hydroxylation is 2. The zero-order chi connectivity index (χ0) is 19.0. The molecule has 0 aliphatic carbocycles. The quantitative estimate of drug-likeness (QED) is 0.725. The smallest absolute Gasteiger partial charge is 0.344 e. The molecule has 3 rings (SSSR count). The van der Waals surface area contributed by atoms with Gasteiger partial charge < -0.3 is 14.3 Å². The summed E-state index contributed by atoms with van der Waals surface area (Å²) in [7, 11) is 0. The molecule has 1 aromatic heterocycles. The molecule has 1 N–H and O–H groups in total. The number of halogens is 1. The first-order valence-electron chi connectivity index (χ1n) is 8.01. The summed E-state index contributed by atoms with van der Waals surface area (Å²) in [6.45, 7) is 5.10. The molecule has 0 fully saturated rings. The Labute approximate surface area is 154 Å². The van der Waals surface area contributed by atoms with Gasteiger partial charge in [-0.2, -0.15) is 0 Å². The lowest BCUT2D eigenvalue weighted by atomic mass is 10.1. The zero-order valence-electron chi connectivity index (χ0n) is 14.5. The maximum Gasteiger partial charge on any atom is 0.344 e. The van der Waals surface area contributed by atoms with E-state index in [4.69, 9.17) is 25.9 Å². The second kappa shape index (κ2) is 6.84. The maximum absolute atomic E-state index is 13.0. The molecule has 0 aliphatic heterocycles. The predicted molar refractivity (Wildman–Crippen MR) is 100 cm³/mol. The number of carboxylic acids is 1. The van der Waals surface area contributed by atoms with Crippen LogP contribution in [-0.2, 0) is 4.79 Å². The van der Waals surface area contributed by atoms with E-state index in [1.54, 1.807) is 18.2 Å². The van der Waals surface area contributed by atoms with Gasteiger partial charge in [0.2, 0.25) is 11.2 Å². The highest BCUT2D eigenvalue weighted by molar-refractivity contribution is 6.32. The van der Waals surface area contributed by atoms with E-state index in [2.05, 4.69) is 0 Å². The number of ether oxygens (including phenoxy) is 1. The second-order valence-electron chi connectivity index (χ2n) is 6.15. The highest BCUT2D eigenvalue weighted by atomic mass is 35.5. The molecule has 0 amide bonds. The van der Waals surface area contributed by atoms with Crippen molar-refractivity contribution in [1.82, 2.24) is 0 Å². The summed E-state index contributed by atoms with van der Waals surface area (Å²) in [6.07, 6.45) is -1.21. The van der Waals surface area contributed by atoms with Gasteiger partial charge in [0.25, 0.3) is 0 Å². The lowest BCUT2D eigenvalue weighted by Gasteiger charge is -2.14. The molecular formula is C20H17ClO5. The molecule has 3 aromatic rings. The summed E-state index contributed by atoms with van der Waals surface area (Å²) in [6, 6.07) is 10.5. The lowest BCUT2D eigenvalue weighted by Crippen LogP contribution is -2.26. The summed E-state index contributed by atoms with van der Waals surface area (Å²) in [5, 5.41) is 9.81. The standard InChI is InChI=1S/C20H17ClO5/c1-10-4-6-13(7-5-10)18-19(25-12(3)20(23)24)17(22)14-9-15(21)11(2)8-16(14)26-18/h4-9,12H,1-3H3,(H,23,24)/t12-/m0/s1. The molecule has 0 bridgehead atoms. The lowest BCUT2D eigenvalue weighted by molar-refractivity contribution is -0.144. The van der Waals surface area contributed by atoms with E-state index in [0.29, 0.717) is 16.2 Å². The first-order valence-corrected chi connectivity index (χ1v) is 8.39. The number of aliphatic carboxylic acids is 1. The maximum atomic E-state index is 13.0. The molecule has 0 aliphatic rings. The fourth-order valence-corrected chi connectivity index (χ4v) is 2.69. The molecule has 0 spiro atoms. The van der Waals surface area contributed by atoms with Crippen LogP contribution in [0.15, 0.2) is 45.6 Å². The monoisotopic (exact) mass is 372 g/mol. The zero-order valence-corrected chi connectivity index (χ0v) is 15.3. The van der Waals surface area contributed by atoms with E-state index < -0.39 is 17.5 Å². The Morgan fingerprint density at radius 1 is 1.19 bits per heavy atom. The molecule has 6 heteroatoms. The van der Waals surface area contributed by atoms with Crippen molar-refractivity contribution in [2.75, 3.05) is 0 Å². The van der Waals surface area contributed by atoms with E-state index in [1.807, 2.05) is 26.0 Å². The molecule has 134 valence electrons. The predicted octanol–water partition coefficient (Wildman–Crippen LogP) is 4.58. The Morgan fingerprint density at radius 2 is 1.85 bits per heavy atom. The van der Waals surface area contributed by atoms with Gasteiger partial charge in [-0.25, -0.2) is 4.79 Å². The highest BCUT2D eigenvalue weighted by Gasteiger charge is 2.23. The summed E-state index contributed by atoms with van der Waals surface area (Å²) in [5.74, 6) is -1.13. The average molecular weight is 373 g/mol. The third-order valence-corrected chi connectivity index (χ3v) is 4.49. The molecule has 0 radical (unpaired) electrons. The van der Waals surface area contributed by atoms with Crippen LogP contribution in [-0.4, -0.2) is 17.2 Å². The Hall–Kier alpha value is -2.79. The number of fused-ring (bicyclic) bond motifs is 1. The molecule has 26 heavy (non-hydrogen) atoms. The topological polar surface area (TPSA) is 76.7 Å². The van der Waals surface area contributed by atoms with Crippen molar-refractivity contribution >= 4 is 28.5 Å². The van der Waals surface area contributed by atoms with Gasteiger partial charge in [0, 0.05) is 10.6 Å². The number of hydrogen-bond acceptors (Lipinski definition) is 4. The number of hydrogen-bond donors (Lipinski definition) is 1. The molecule has 1 heterocycles. The van der Waals surface area contributed by atoms with Gasteiger partial charge in [-0.05, 0) is 38.5 Å². The van der Waals surface area contributed by atoms with Crippen LogP contribution >= 0.6 is 11.6 Å². The SMILES string of the molecule is Cc1ccc(-c2oc3cc(C)c(Cl)cc3c(=O)c2O[C@@H](C)C(=O)O)cc1. The normalized spacial score (nSPS) is 12.2. The Kier molecular flexibility index (Phi) is 4.74. The fourth-order valence-electron chi connectivity index (χ4n) is 2.53. The summed E-state index contributed by atoms with van der Waals surface area (Å²) in [4.78, 5) is 24.2. The molecular weight excluding hydrogens is 356 g/mol. The van der Waals surface area contributed by atoms with Gasteiger partial charge in [0.05, 0.1) is 5.39 Å². The van der Waals surface area contributed by atoms with Crippen LogP contribution in [0.5, 0.6) is 5.75 Å². The fraction of sp³-hybridized carbons (Fsp3) is 0.200. The minimum atomic E-state index is -1.21. The average Bonchev–Trinajstić information content (AvgIpc) is 2.59. The highest BCUT2D eigenvalue weighted by Crippen LogP contribution is 2.33. The van der Waals surface area contributed by atoms with Crippen LogP contribution in [0.2, 0.25) is 5.02 Å². The Balaban J connectivity index is 2.32. The molecule has 0 saturated heterocycles. The van der Waals surface area contributed by atoms with Crippen molar-refractivity contribution < 1.29 is 19.1 Å². The van der Waals surface area contributed by atoms with Crippen molar-refractivity contribution in [3.8, 4) is 17.1 Å². The largest absolute Gasteiger partial charge is 0.479 e. The van der Waals surface area contributed by atoms with Crippen LogP contribution in [0.25, 0.3) is 22.3 Å². The van der Waals surface area contributed by atoms with Crippen molar-refractivity contribution in [3.63, 3.8) is 0 Å². The van der Waals surface area contributed by atoms with Gasteiger partial charge >= 0.3 is 5.97 Å². The number of carbonyl (C=O) groups is 1. The van der Waals surface area contributed by atoms with Crippen LogP contribution in [0.1, 0.15) is 18.1 Å². The first-order chi connectivity index (χ1) is 12.3. The molecule has 1 atom stereocenters. The van der Waals surface area contributed by atoms with Gasteiger partial charge in [0.1, 0.15) is 5.58 Å². The molecule has 0 unspecified atom stereocenters. The minimum Gasteiger partial charge on any atom is -0.479 e. The van der Waals surface area contributed by atoms with Crippen molar-refractivity contribution in [1.29, 1.82) is 0 Å². The molecule has 0 saturated carbocycles. The third kappa shape index (κ3) is 3.30. The van der Waals surface area contributed by atoms with E-state index in [1.165, 1.54) is 13.0 Å².